The second-order valence-corrected chi connectivity index (χ2v) is 9.42. The Morgan fingerprint density at radius 2 is 1.85 bits per heavy atom. The number of amides is 2. The molecule has 2 aliphatic heterocycles. The van der Waals surface area contributed by atoms with Crippen molar-refractivity contribution in [3.63, 3.8) is 0 Å². The highest BCUT2D eigenvalue weighted by Crippen LogP contribution is 2.35. The maximum absolute atomic E-state index is 13.2. The smallest absolute Gasteiger partial charge is 0.399 e. The first kappa shape index (κ1) is 24.1. The fraction of sp³-hybridized carbons (Fsp3) is 0.522. The highest BCUT2D eigenvalue weighted by atomic mass is 19.4. The molecule has 1 atom stereocenters. The van der Waals surface area contributed by atoms with Crippen molar-refractivity contribution in [2.24, 2.45) is 0 Å². The lowest BCUT2D eigenvalue weighted by atomic mass is 9.94. The van der Waals surface area contributed by atoms with E-state index in [1.54, 1.807) is 30.6 Å². The van der Waals surface area contributed by atoms with Crippen molar-refractivity contribution in [3.8, 4) is 0 Å². The first-order valence-electron chi connectivity index (χ1n) is 11.2. The van der Waals surface area contributed by atoms with Crippen LogP contribution in [-0.4, -0.2) is 49.6 Å². The number of rotatable bonds is 3. The first-order valence-corrected chi connectivity index (χ1v) is 11.2. The van der Waals surface area contributed by atoms with Crippen LogP contribution in [0.15, 0.2) is 18.2 Å². The number of fused-ring (bicyclic) bond motifs is 1. The van der Waals surface area contributed by atoms with E-state index in [2.05, 4.69) is 15.3 Å². The van der Waals surface area contributed by atoms with Crippen LogP contribution in [0, 0.1) is 6.92 Å². The van der Waals surface area contributed by atoms with Gasteiger partial charge >= 0.3 is 12.2 Å². The van der Waals surface area contributed by atoms with Gasteiger partial charge in [0, 0.05) is 24.3 Å². The predicted octanol–water partition coefficient (Wildman–Crippen LogP) is 3.84. The molecule has 2 aliphatic rings. The van der Waals surface area contributed by atoms with Crippen molar-refractivity contribution in [3.05, 3.63) is 46.4 Å². The lowest BCUT2D eigenvalue weighted by molar-refractivity contribution is -0.137. The Labute approximate surface area is 196 Å². The van der Waals surface area contributed by atoms with Gasteiger partial charge in [0.25, 0.3) is 0 Å². The van der Waals surface area contributed by atoms with Crippen LogP contribution >= 0.6 is 0 Å². The van der Waals surface area contributed by atoms with E-state index in [0.29, 0.717) is 61.9 Å². The fourth-order valence-corrected chi connectivity index (χ4v) is 4.39. The van der Waals surface area contributed by atoms with Crippen molar-refractivity contribution in [2.75, 3.05) is 24.1 Å². The summed E-state index contributed by atoms with van der Waals surface area (Å²) in [6.07, 6.45) is -3.47. The molecule has 1 aromatic carbocycles. The molecule has 1 aromatic heterocycles. The summed E-state index contributed by atoms with van der Waals surface area (Å²) >= 11 is 0. The number of aromatic nitrogens is 2. The first-order chi connectivity index (χ1) is 15.8. The maximum Gasteiger partial charge on any atom is 0.416 e. The van der Waals surface area contributed by atoms with Gasteiger partial charge in [-0.15, -0.1) is 0 Å². The Morgan fingerprint density at radius 1 is 1.18 bits per heavy atom. The van der Waals surface area contributed by atoms with Crippen LogP contribution in [0.5, 0.6) is 0 Å². The van der Waals surface area contributed by atoms with Gasteiger partial charge < -0.3 is 26.0 Å². The van der Waals surface area contributed by atoms with Crippen LogP contribution in [0.1, 0.15) is 60.9 Å². The highest BCUT2D eigenvalue weighted by Gasteiger charge is 2.35. The number of likely N-dealkylation sites (tertiary alicyclic amines) is 1. The standard InChI is InChI=1S/C23H29F3N6O2/c1-13(15-8-16(23(24,25)26)10-17(27)9-15)28-20-18-11-32(12-19(18)29-14(2)30-20)21(33)31-6-4-22(3,34)5-7-31/h8-10,13,34H,4-7,11-12,27H2,1-3H3,(H,28,29,30)/t13-/m1/s1. The van der Waals surface area contributed by atoms with Crippen molar-refractivity contribution < 1.29 is 23.1 Å². The second-order valence-electron chi connectivity index (χ2n) is 9.42. The molecule has 0 aliphatic carbocycles. The van der Waals surface area contributed by atoms with E-state index in [-0.39, 0.29) is 11.7 Å². The van der Waals surface area contributed by atoms with E-state index in [9.17, 15) is 23.1 Å². The Bertz CT molecular complexity index is 1090. The summed E-state index contributed by atoms with van der Waals surface area (Å²) in [5.74, 6) is 0.989. The molecule has 34 heavy (non-hydrogen) atoms. The predicted molar refractivity (Wildman–Crippen MR) is 121 cm³/mol. The van der Waals surface area contributed by atoms with Gasteiger partial charge in [-0.3, -0.25) is 0 Å². The number of anilines is 2. The number of alkyl halides is 3. The van der Waals surface area contributed by atoms with Gasteiger partial charge in [0.2, 0.25) is 0 Å². The van der Waals surface area contributed by atoms with E-state index >= 15 is 0 Å². The quantitative estimate of drug-likeness (QED) is 0.579. The molecule has 0 spiro atoms. The van der Waals surface area contributed by atoms with Gasteiger partial charge in [-0.25, -0.2) is 14.8 Å². The zero-order chi connectivity index (χ0) is 24.8. The van der Waals surface area contributed by atoms with E-state index in [4.69, 9.17) is 5.73 Å². The maximum atomic E-state index is 13.2. The molecule has 0 radical (unpaired) electrons. The molecular weight excluding hydrogens is 449 g/mol. The molecule has 1 fully saturated rings. The summed E-state index contributed by atoms with van der Waals surface area (Å²) in [4.78, 5) is 25.4. The number of nitrogen functional groups attached to an aromatic ring is 1. The molecule has 0 bridgehead atoms. The van der Waals surface area contributed by atoms with Crippen LogP contribution < -0.4 is 11.1 Å². The van der Waals surface area contributed by atoms with E-state index in [0.717, 1.165) is 17.7 Å². The molecule has 11 heteroatoms. The number of benzene rings is 1. The summed E-state index contributed by atoms with van der Waals surface area (Å²) in [5, 5.41) is 13.4. The van der Waals surface area contributed by atoms with Crippen molar-refractivity contribution in [1.29, 1.82) is 0 Å². The molecule has 4 rings (SSSR count). The Balaban J connectivity index is 1.53. The van der Waals surface area contributed by atoms with Gasteiger partial charge in [0.15, 0.2) is 0 Å². The number of carbonyl (C=O) groups excluding carboxylic acids is 1. The van der Waals surface area contributed by atoms with Gasteiger partial charge in [0.1, 0.15) is 11.6 Å². The lowest BCUT2D eigenvalue weighted by Gasteiger charge is -2.37. The number of nitrogens with zero attached hydrogens (tertiary/aromatic N) is 4. The van der Waals surface area contributed by atoms with Crippen LogP contribution in [0.25, 0.3) is 0 Å². The zero-order valence-corrected chi connectivity index (χ0v) is 19.4. The molecule has 3 heterocycles. The number of aliphatic hydroxyl groups is 1. The molecular formula is C23H29F3N6O2. The Morgan fingerprint density at radius 3 is 2.50 bits per heavy atom. The third-order valence-electron chi connectivity index (χ3n) is 6.43. The van der Waals surface area contributed by atoms with Crippen LogP contribution in [0.4, 0.5) is 29.5 Å². The van der Waals surface area contributed by atoms with Gasteiger partial charge in [-0.2, -0.15) is 13.2 Å². The van der Waals surface area contributed by atoms with E-state index < -0.39 is 23.4 Å². The molecule has 8 nitrogen and oxygen atoms in total. The second kappa shape index (κ2) is 8.61. The zero-order valence-electron chi connectivity index (χ0n) is 19.4. The molecule has 2 aromatic rings. The molecule has 4 N–H and O–H groups in total. The topological polar surface area (TPSA) is 108 Å². The minimum absolute atomic E-state index is 0.0276. The third kappa shape index (κ3) is 5.03. The minimum Gasteiger partial charge on any atom is -0.399 e. The van der Waals surface area contributed by atoms with E-state index in [1.807, 2.05) is 0 Å². The third-order valence-corrected chi connectivity index (χ3v) is 6.43. The van der Waals surface area contributed by atoms with E-state index in [1.165, 1.54) is 6.07 Å². The van der Waals surface area contributed by atoms with Crippen LogP contribution in [0.2, 0.25) is 0 Å². The SMILES string of the molecule is Cc1nc2c(c(N[C@H](C)c3cc(N)cc(C(F)(F)F)c3)n1)CN(C(=O)N1CCC(C)(O)CC1)C2. The molecule has 0 saturated carbocycles. The van der Waals surface area contributed by atoms with Gasteiger partial charge in [-0.1, -0.05) is 0 Å². The van der Waals surface area contributed by atoms with Crippen LogP contribution in [-0.2, 0) is 19.3 Å². The van der Waals surface area contributed by atoms with Crippen molar-refractivity contribution in [2.45, 2.75) is 64.5 Å². The summed E-state index contributed by atoms with van der Waals surface area (Å²) in [6, 6.07) is 2.84. The van der Waals surface area contributed by atoms with Crippen molar-refractivity contribution >= 4 is 17.5 Å². The number of hydrogen-bond acceptors (Lipinski definition) is 6. The lowest BCUT2D eigenvalue weighted by Crippen LogP contribution is -2.49. The monoisotopic (exact) mass is 478 g/mol. The van der Waals surface area contributed by atoms with Gasteiger partial charge in [0.05, 0.1) is 36.0 Å². The summed E-state index contributed by atoms with van der Waals surface area (Å²) < 4.78 is 39.7. The number of hydrogen-bond donors (Lipinski definition) is 3. The number of nitrogens with two attached hydrogens (primary N) is 1. The number of aryl methyl sites for hydroxylation is 1. The van der Waals surface area contributed by atoms with Gasteiger partial charge in [-0.05, 0) is 57.4 Å². The number of urea groups is 1. The molecule has 1 saturated heterocycles. The summed E-state index contributed by atoms with van der Waals surface area (Å²) in [7, 11) is 0. The molecule has 2 amide bonds. The Hall–Kier alpha value is -3.08. The average Bonchev–Trinajstić information content (AvgIpc) is 3.16. The normalized spacial score (nSPS) is 18.6. The number of nitrogens with one attached hydrogen (secondary N) is 1. The number of carbonyl (C=O) groups is 1. The summed E-state index contributed by atoms with van der Waals surface area (Å²) in [6.45, 7) is 6.80. The Kier molecular flexibility index (Phi) is 6.09. The average molecular weight is 479 g/mol. The number of halogens is 3. The largest absolute Gasteiger partial charge is 0.416 e. The number of piperidine rings is 1. The minimum atomic E-state index is -4.50. The molecule has 0 unspecified atom stereocenters. The summed E-state index contributed by atoms with van der Waals surface area (Å²) in [5.41, 5.74) is 6.02. The highest BCUT2D eigenvalue weighted by molar-refractivity contribution is 5.76. The van der Waals surface area contributed by atoms with Crippen LogP contribution in [0.3, 0.4) is 0 Å². The van der Waals surface area contributed by atoms with Crippen molar-refractivity contribution in [1.82, 2.24) is 19.8 Å². The fourth-order valence-electron chi connectivity index (χ4n) is 4.39. The molecule has 184 valence electrons.